The van der Waals surface area contributed by atoms with Crippen LogP contribution in [0.3, 0.4) is 0 Å². The lowest BCUT2D eigenvalue weighted by atomic mass is 9.80. The molecule has 0 aliphatic carbocycles. The molecule has 1 heterocycles. The van der Waals surface area contributed by atoms with E-state index in [2.05, 4.69) is 4.90 Å². The fraction of sp³-hybridized carbons (Fsp3) is 1.00. The minimum absolute atomic E-state index is 0.102. The molecule has 0 atom stereocenters. The first-order valence-corrected chi connectivity index (χ1v) is 8.07. The van der Waals surface area contributed by atoms with Crippen LogP contribution in [0.25, 0.3) is 0 Å². The van der Waals surface area contributed by atoms with Gasteiger partial charge in [0.25, 0.3) is 0 Å². The van der Waals surface area contributed by atoms with Gasteiger partial charge in [-0.25, -0.2) is 8.42 Å². The van der Waals surface area contributed by atoms with Gasteiger partial charge in [-0.3, -0.25) is 0 Å². The monoisotopic (exact) mass is 264 g/mol. The van der Waals surface area contributed by atoms with E-state index in [1.165, 1.54) is 6.26 Å². The molecule has 6 heteroatoms. The zero-order valence-electron chi connectivity index (χ0n) is 10.8. The largest absolute Gasteiger partial charge is 0.381 e. The van der Waals surface area contributed by atoms with Gasteiger partial charge in [0.15, 0.2) is 0 Å². The molecule has 0 aromatic rings. The van der Waals surface area contributed by atoms with Crippen LogP contribution in [0, 0.1) is 5.41 Å². The van der Waals surface area contributed by atoms with Crippen molar-refractivity contribution in [2.45, 2.75) is 12.8 Å². The first kappa shape index (κ1) is 14.9. The van der Waals surface area contributed by atoms with Gasteiger partial charge < -0.3 is 15.4 Å². The second kappa shape index (κ2) is 6.13. The number of ether oxygens (including phenoxy) is 1. The summed E-state index contributed by atoms with van der Waals surface area (Å²) in [4.78, 5) is 2.07. The van der Waals surface area contributed by atoms with Crippen LogP contribution in [-0.2, 0) is 14.6 Å². The highest BCUT2D eigenvalue weighted by Gasteiger charge is 2.32. The number of nitrogens with two attached hydrogens (primary N) is 1. The molecular formula is C11H24N2O3S. The van der Waals surface area contributed by atoms with Crippen LogP contribution >= 0.6 is 0 Å². The molecule has 0 radical (unpaired) electrons. The molecular weight excluding hydrogens is 240 g/mol. The fourth-order valence-corrected chi connectivity index (χ4v) is 2.85. The van der Waals surface area contributed by atoms with Gasteiger partial charge in [0, 0.05) is 32.6 Å². The van der Waals surface area contributed by atoms with Crippen LogP contribution < -0.4 is 5.73 Å². The average Bonchev–Trinajstić information content (AvgIpc) is 2.27. The van der Waals surface area contributed by atoms with Gasteiger partial charge in [0.1, 0.15) is 9.84 Å². The van der Waals surface area contributed by atoms with Crippen LogP contribution in [-0.4, -0.2) is 65.2 Å². The quantitative estimate of drug-likeness (QED) is 0.714. The summed E-state index contributed by atoms with van der Waals surface area (Å²) in [7, 11) is -0.928. The molecule has 0 bridgehead atoms. The van der Waals surface area contributed by atoms with E-state index in [-0.39, 0.29) is 11.2 Å². The molecule has 0 unspecified atom stereocenters. The van der Waals surface area contributed by atoms with Crippen LogP contribution in [0.5, 0.6) is 0 Å². The van der Waals surface area contributed by atoms with E-state index < -0.39 is 9.84 Å². The van der Waals surface area contributed by atoms with Crippen molar-refractivity contribution < 1.29 is 13.2 Å². The molecule has 0 aromatic carbocycles. The lowest BCUT2D eigenvalue weighted by molar-refractivity contribution is 0.00449. The molecule has 0 aromatic heterocycles. The number of hydrogen-bond donors (Lipinski definition) is 1. The zero-order chi connectivity index (χ0) is 12.9. The molecule has 1 aliphatic heterocycles. The van der Waals surface area contributed by atoms with Crippen molar-refractivity contribution in [2.24, 2.45) is 11.1 Å². The van der Waals surface area contributed by atoms with Crippen molar-refractivity contribution in [1.29, 1.82) is 0 Å². The van der Waals surface area contributed by atoms with E-state index in [9.17, 15) is 8.42 Å². The summed E-state index contributed by atoms with van der Waals surface area (Å²) in [5.74, 6) is 0.209. The van der Waals surface area contributed by atoms with Crippen molar-refractivity contribution in [3.8, 4) is 0 Å². The minimum atomic E-state index is -2.88. The highest BCUT2D eigenvalue weighted by atomic mass is 32.2. The van der Waals surface area contributed by atoms with Crippen molar-refractivity contribution >= 4 is 9.84 Å². The van der Waals surface area contributed by atoms with Crippen molar-refractivity contribution in [3.05, 3.63) is 0 Å². The Morgan fingerprint density at radius 1 is 1.35 bits per heavy atom. The SMILES string of the molecule is CN(CCS(C)(=O)=O)CC1(CN)CCOCC1. The molecule has 0 amide bonds. The maximum Gasteiger partial charge on any atom is 0.148 e. The summed E-state index contributed by atoms with van der Waals surface area (Å²) in [6.45, 7) is 3.58. The Hall–Kier alpha value is -0.170. The van der Waals surface area contributed by atoms with Crippen molar-refractivity contribution in [3.63, 3.8) is 0 Å². The summed E-state index contributed by atoms with van der Waals surface area (Å²) >= 11 is 0. The van der Waals surface area contributed by atoms with E-state index >= 15 is 0 Å². The fourth-order valence-electron chi connectivity index (χ4n) is 2.20. The predicted octanol–water partition coefficient (Wildman–Crippen LogP) is -0.282. The Morgan fingerprint density at radius 3 is 2.41 bits per heavy atom. The molecule has 17 heavy (non-hydrogen) atoms. The maximum absolute atomic E-state index is 11.1. The third-order valence-corrected chi connectivity index (χ3v) is 4.36. The molecule has 1 rings (SSSR count). The Morgan fingerprint density at radius 2 is 1.94 bits per heavy atom. The molecule has 1 fully saturated rings. The number of rotatable bonds is 6. The number of nitrogens with zero attached hydrogens (tertiary/aromatic N) is 1. The Balaban J connectivity index is 2.44. The smallest absolute Gasteiger partial charge is 0.148 e. The van der Waals surface area contributed by atoms with Crippen molar-refractivity contribution in [2.75, 3.05) is 51.9 Å². The van der Waals surface area contributed by atoms with E-state index in [4.69, 9.17) is 10.5 Å². The predicted molar refractivity (Wildman–Crippen MR) is 68.7 cm³/mol. The molecule has 1 saturated heterocycles. The van der Waals surface area contributed by atoms with E-state index in [1.807, 2.05) is 7.05 Å². The molecule has 102 valence electrons. The molecule has 0 saturated carbocycles. The van der Waals surface area contributed by atoms with Gasteiger partial charge in [0.2, 0.25) is 0 Å². The molecule has 0 spiro atoms. The first-order chi connectivity index (χ1) is 7.87. The number of sulfone groups is 1. The summed E-state index contributed by atoms with van der Waals surface area (Å²) in [5, 5.41) is 0. The third-order valence-electron chi connectivity index (χ3n) is 3.44. The van der Waals surface area contributed by atoms with Gasteiger partial charge >= 0.3 is 0 Å². The second-order valence-corrected chi connectivity index (χ2v) is 7.44. The van der Waals surface area contributed by atoms with Crippen LogP contribution in [0.2, 0.25) is 0 Å². The Kier molecular flexibility index (Phi) is 5.37. The molecule has 1 aliphatic rings. The lowest BCUT2D eigenvalue weighted by Crippen LogP contribution is -2.45. The van der Waals surface area contributed by atoms with Gasteiger partial charge in [-0.05, 0) is 31.8 Å². The normalized spacial score (nSPS) is 20.7. The second-order valence-electron chi connectivity index (χ2n) is 5.18. The van der Waals surface area contributed by atoms with Gasteiger partial charge in [-0.2, -0.15) is 0 Å². The first-order valence-electron chi connectivity index (χ1n) is 6.01. The average molecular weight is 264 g/mol. The lowest BCUT2D eigenvalue weighted by Gasteiger charge is -2.39. The summed E-state index contributed by atoms with van der Waals surface area (Å²) < 4.78 is 27.6. The minimum Gasteiger partial charge on any atom is -0.381 e. The van der Waals surface area contributed by atoms with Gasteiger partial charge in [-0.15, -0.1) is 0 Å². The molecule has 2 N–H and O–H groups in total. The van der Waals surface area contributed by atoms with Crippen LogP contribution in [0.1, 0.15) is 12.8 Å². The van der Waals surface area contributed by atoms with Gasteiger partial charge in [-0.1, -0.05) is 0 Å². The highest BCUT2D eigenvalue weighted by molar-refractivity contribution is 7.90. The van der Waals surface area contributed by atoms with E-state index in [0.717, 1.165) is 32.6 Å². The summed E-state index contributed by atoms with van der Waals surface area (Å²) in [6.07, 6.45) is 3.20. The highest BCUT2D eigenvalue weighted by Crippen LogP contribution is 2.29. The Labute approximate surface area is 104 Å². The Bertz CT molecular complexity index is 324. The van der Waals surface area contributed by atoms with Crippen LogP contribution in [0.4, 0.5) is 0 Å². The summed E-state index contributed by atoms with van der Waals surface area (Å²) in [6, 6.07) is 0. The van der Waals surface area contributed by atoms with Gasteiger partial charge in [0.05, 0.1) is 5.75 Å². The zero-order valence-corrected chi connectivity index (χ0v) is 11.6. The topological polar surface area (TPSA) is 72.6 Å². The maximum atomic E-state index is 11.1. The summed E-state index contributed by atoms with van der Waals surface area (Å²) in [5.41, 5.74) is 5.97. The third kappa shape index (κ3) is 5.33. The van der Waals surface area contributed by atoms with E-state index in [0.29, 0.717) is 13.1 Å². The van der Waals surface area contributed by atoms with Crippen LogP contribution in [0.15, 0.2) is 0 Å². The van der Waals surface area contributed by atoms with Crippen molar-refractivity contribution in [1.82, 2.24) is 4.90 Å². The number of hydrogen-bond acceptors (Lipinski definition) is 5. The van der Waals surface area contributed by atoms with E-state index in [1.54, 1.807) is 0 Å². The molecule has 5 nitrogen and oxygen atoms in total. The standard InChI is InChI=1S/C11H24N2O3S/c1-13(5-8-17(2,14)15)10-11(9-12)3-6-16-7-4-11/h3-10,12H2,1-2H3.